The van der Waals surface area contributed by atoms with Gasteiger partial charge in [0.25, 0.3) is 0 Å². The van der Waals surface area contributed by atoms with E-state index in [2.05, 4.69) is 19.9 Å². The van der Waals surface area contributed by atoms with Crippen molar-refractivity contribution in [3.8, 4) is 0 Å². The van der Waals surface area contributed by atoms with E-state index in [9.17, 15) is 9.59 Å². The van der Waals surface area contributed by atoms with Crippen LogP contribution < -0.4 is 0 Å². The summed E-state index contributed by atoms with van der Waals surface area (Å²) >= 11 is 0. The molecule has 0 heterocycles. The van der Waals surface area contributed by atoms with Gasteiger partial charge in [0, 0.05) is 13.6 Å². The third-order valence-corrected chi connectivity index (χ3v) is 9.81. The highest BCUT2D eigenvalue weighted by Crippen LogP contribution is 2.73. The maximum Gasteiger partial charge on any atom is 0.178 e. The van der Waals surface area contributed by atoms with Crippen molar-refractivity contribution in [1.29, 1.82) is 0 Å². The van der Waals surface area contributed by atoms with E-state index in [1.54, 1.807) is 13.0 Å². The highest BCUT2D eigenvalue weighted by molar-refractivity contribution is 6.01. The molecule has 0 aromatic carbocycles. The first-order valence-electron chi connectivity index (χ1n) is 12.1. The van der Waals surface area contributed by atoms with E-state index in [4.69, 9.17) is 2.74 Å². The fourth-order valence-electron chi connectivity index (χ4n) is 8.53. The molecular formula is C25H34O2. The molecule has 27 heavy (non-hydrogen) atoms. The molecule has 5 rings (SSSR count). The minimum atomic E-state index is -0.435. The van der Waals surface area contributed by atoms with Crippen LogP contribution in [0.3, 0.4) is 0 Å². The third kappa shape index (κ3) is 2.08. The average Bonchev–Trinajstić information content (AvgIpc) is 2.96. The summed E-state index contributed by atoms with van der Waals surface area (Å²) < 4.78 is 17.2. The van der Waals surface area contributed by atoms with Gasteiger partial charge in [0.1, 0.15) is 5.78 Å². The summed E-state index contributed by atoms with van der Waals surface area (Å²) in [5, 5.41) is 0. The molecule has 0 saturated heterocycles. The second kappa shape index (κ2) is 5.67. The van der Waals surface area contributed by atoms with Crippen LogP contribution in [-0.2, 0) is 9.59 Å². The van der Waals surface area contributed by atoms with Crippen molar-refractivity contribution in [2.75, 3.05) is 0 Å². The van der Waals surface area contributed by atoms with Crippen molar-refractivity contribution < 1.29 is 12.3 Å². The van der Waals surface area contributed by atoms with Crippen LogP contribution in [0.1, 0.15) is 81.3 Å². The summed E-state index contributed by atoms with van der Waals surface area (Å²) in [7, 11) is 0. The highest BCUT2D eigenvalue weighted by atomic mass is 16.1. The van der Waals surface area contributed by atoms with Gasteiger partial charge >= 0.3 is 0 Å². The minimum Gasteiger partial charge on any atom is -0.299 e. The lowest BCUT2D eigenvalue weighted by Gasteiger charge is -2.59. The van der Waals surface area contributed by atoms with E-state index >= 15 is 0 Å². The normalized spacial score (nSPS) is 57.4. The predicted molar refractivity (Wildman–Crippen MR) is 107 cm³/mol. The Morgan fingerprint density at radius 3 is 2.81 bits per heavy atom. The topological polar surface area (TPSA) is 34.1 Å². The van der Waals surface area contributed by atoms with Gasteiger partial charge < -0.3 is 0 Å². The minimum absolute atomic E-state index is 0.0341. The monoisotopic (exact) mass is 370 g/mol. The molecule has 0 aliphatic heterocycles. The van der Waals surface area contributed by atoms with E-state index in [1.165, 1.54) is 5.57 Å². The average molecular weight is 371 g/mol. The molecule has 5 aliphatic rings. The second-order valence-electron chi connectivity index (χ2n) is 10.4. The van der Waals surface area contributed by atoms with Crippen molar-refractivity contribution in [1.82, 2.24) is 0 Å². The molecule has 2 nitrogen and oxygen atoms in total. The Morgan fingerprint density at radius 2 is 2.04 bits per heavy atom. The summed E-state index contributed by atoms with van der Waals surface area (Å²) in [6, 6.07) is 0. The summed E-state index contributed by atoms with van der Waals surface area (Å²) in [4.78, 5) is 25.2. The van der Waals surface area contributed by atoms with E-state index in [-0.39, 0.29) is 34.7 Å². The fraction of sp³-hybridized carbons (Fsp3) is 0.760. The molecule has 2 heteroatoms. The van der Waals surface area contributed by atoms with Gasteiger partial charge in [0.2, 0.25) is 0 Å². The molecule has 0 amide bonds. The Morgan fingerprint density at radius 1 is 1.22 bits per heavy atom. The van der Waals surface area contributed by atoms with Gasteiger partial charge in [-0.05, 0) is 93.1 Å². The molecule has 5 aliphatic carbocycles. The second-order valence-corrected chi connectivity index (χ2v) is 10.4. The van der Waals surface area contributed by atoms with Crippen molar-refractivity contribution >= 4 is 11.6 Å². The van der Waals surface area contributed by atoms with Crippen molar-refractivity contribution in [3.05, 3.63) is 23.8 Å². The molecule has 4 fully saturated rings. The van der Waals surface area contributed by atoms with Gasteiger partial charge in [-0.15, -0.1) is 0 Å². The molecule has 4 saturated carbocycles. The highest BCUT2D eigenvalue weighted by Gasteiger charge is 2.68. The Labute approximate surface area is 166 Å². The lowest BCUT2D eigenvalue weighted by Crippen LogP contribution is -2.55. The Hall–Kier alpha value is -1.18. The molecule has 146 valence electrons. The number of allylic oxidation sites excluding steroid dienone is 4. The Kier molecular flexibility index (Phi) is 3.30. The third-order valence-electron chi connectivity index (χ3n) is 9.81. The van der Waals surface area contributed by atoms with Gasteiger partial charge in [0.05, 0.1) is 0 Å². The fourth-order valence-corrected chi connectivity index (χ4v) is 8.53. The van der Waals surface area contributed by atoms with E-state index in [0.29, 0.717) is 24.2 Å². The first-order valence-corrected chi connectivity index (χ1v) is 10.9. The van der Waals surface area contributed by atoms with Crippen LogP contribution in [0.5, 0.6) is 0 Å². The zero-order valence-corrected chi connectivity index (χ0v) is 17.0. The molecule has 0 aromatic heterocycles. The van der Waals surface area contributed by atoms with E-state index in [1.807, 2.05) is 6.08 Å². The van der Waals surface area contributed by atoms with Gasteiger partial charge in [0.15, 0.2) is 5.78 Å². The number of Topliss-reactive ketones (excluding diaryl/α,β-unsaturated/α-hetero) is 1. The Bertz CT molecular complexity index is 831. The van der Waals surface area contributed by atoms with Gasteiger partial charge in [-0.1, -0.05) is 38.3 Å². The van der Waals surface area contributed by atoms with E-state index < -0.39 is 11.8 Å². The van der Waals surface area contributed by atoms with Gasteiger partial charge in [-0.3, -0.25) is 9.59 Å². The molecule has 0 N–H and O–H groups in total. The molecule has 2 unspecified atom stereocenters. The number of carbonyl (C=O) groups excluding carboxylic acids is 2. The van der Waals surface area contributed by atoms with Crippen molar-refractivity contribution in [2.45, 2.75) is 78.5 Å². The zero-order chi connectivity index (χ0) is 20.8. The number of rotatable bonds is 1. The number of hydrogen-bond acceptors (Lipinski definition) is 2. The number of fused-ring (bicyclic) bond motifs is 7. The zero-order valence-electron chi connectivity index (χ0n) is 19.0. The van der Waals surface area contributed by atoms with Gasteiger partial charge in [-0.2, -0.15) is 0 Å². The standard InChI is InChI=1S/C25H34O2/c1-16(26)25-11-5-4-6-18(25)15-22-20-8-7-17-14-19(27)9-12-23(17,2)21(20)10-13-24(22,25)3/h9,12,14,18,20-22H,4-8,10-11,13,15H2,1-3H3/t18-,20-,21+,22+,23+,24+,25+/m1/s1/i4T,6T/t4?,6?,18-,20-,21+,22+,23+,24+,25+. The van der Waals surface area contributed by atoms with Gasteiger partial charge in [-0.25, -0.2) is 0 Å². The van der Waals surface area contributed by atoms with Crippen LogP contribution in [0.15, 0.2) is 23.8 Å². The first-order chi connectivity index (χ1) is 13.6. The molecule has 0 aromatic rings. The van der Waals surface area contributed by atoms with Crippen LogP contribution in [-0.4, -0.2) is 11.6 Å². The predicted octanol–water partition coefficient (Wildman–Crippen LogP) is 5.67. The SMILES string of the molecule is [3H]C1CC[C@]2(C(C)=O)[C@@H](C[C@H]3[C@@H]4CCC5=CC(=O)C=C[C@]5(C)[C@H]4CC[C@@]32C)C1[3H]. The molecule has 9 atom stereocenters. The lowest BCUT2D eigenvalue weighted by molar-refractivity contribution is -0.147. The lowest BCUT2D eigenvalue weighted by atomic mass is 9.44. The van der Waals surface area contributed by atoms with Crippen LogP contribution in [0, 0.1) is 39.9 Å². The van der Waals surface area contributed by atoms with Crippen molar-refractivity contribution in [2.24, 2.45) is 39.9 Å². The van der Waals surface area contributed by atoms with Crippen LogP contribution in [0.2, 0.25) is 0 Å². The maximum atomic E-state index is 13.2. The number of carbonyl (C=O) groups is 2. The summed E-state index contributed by atoms with van der Waals surface area (Å²) in [6.07, 6.45) is 11.7. The number of hydrogen-bond donors (Lipinski definition) is 0. The largest absolute Gasteiger partial charge is 0.299 e. The summed E-state index contributed by atoms with van der Waals surface area (Å²) in [5.41, 5.74) is 0.821. The molecular weight excluding hydrogens is 332 g/mol. The van der Waals surface area contributed by atoms with E-state index in [0.717, 1.165) is 38.5 Å². The molecule has 0 spiro atoms. The Balaban J connectivity index is 1.57. The van der Waals surface area contributed by atoms with Crippen LogP contribution >= 0.6 is 0 Å². The van der Waals surface area contributed by atoms with Crippen LogP contribution in [0.4, 0.5) is 0 Å². The van der Waals surface area contributed by atoms with Crippen LogP contribution in [0.25, 0.3) is 0 Å². The molecule has 0 bridgehead atoms. The maximum absolute atomic E-state index is 13.2. The van der Waals surface area contributed by atoms with Crippen molar-refractivity contribution in [3.63, 3.8) is 0 Å². The summed E-state index contributed by atoms with van der Waals surface area (Å²) in [5.74, 6) is 1.96. The quantitative estimate of drug-likeness (QED) is 0.596. The summed E-state index contributed by atoms with van der Waals surface area (Å²) in [6.45, 7) is 6.44. The molecule has 0 radical (unpaired) electrons. The smallest absolute Gasteiger partial charge is 0.178 e. The first kappa shape index (κ1) is 15.7. The number of ketones is 2.